The summed E-state index contributed by atoms with van der Waals surface area (Å²) >= 11 is 10.7. The number of thioether (sulfide) groups is 2. The van der Waals surface area contributed by atoms with Gasteiger partial charge in [0.15, 0.2) is 8.68 Å². The van der Waals surface area contributed by atoms with Gasteiger partial charge in [-0.3, -0.25) is 4.79 Å². The number of hydrogen-bond donors (Lipinski definition) is 1. The molecule has 0 fully saturated rings. The Bertz CT molecular complexity index is 696. The number of benzene rings is 1. The third-order valence-electron chi connectivity index (χ3n) is 2.88. The Hall–Kier alpha value is -0.960. The standard InChI is InChI=1S/C15H18ClN3O2S3/c1-4-7-22-14-18-19-15(24-14)23-9(2)13(20)17-10-5-6-12(21-3)11(16)8-10/h5-6,8-9H,4,7H2,1-3H3,(H,17,20)/t9-/m1/s1. The van der Waals surface area contributed by atoms with Gasteiger partial charge >= 0.3 is 0 Å². The highest BCUT2D eigenvalue weighted by Crippen LogP contribution is 2.32. The summed E-state index contributed by atoms with van der Waals surface area (Å²) in [5.74, 6) is 1.48. The molecule has 0 aliphatic rings. The minimum atomic E-state index is -0.289. The van der Waals surface area contributed by atoms with Crippen LogP contribution in [-0.2, 0) is 4.79 Å². The minimum absolute atomic E-state index is 0.112. The van der Waals surface area contributed by atoms with Crippen molar-refractivity contribution in [3.05, 3.63) is 23.2 Å². The minimum Gasteiger partial charge on any atom is -0.495 e. The normalized spacial score (nSPS) is 12.0. The van der Waals surface area contributed by atoms with Crippen LogP contribution >= 0.6 is 46.5 Å². The molecule has 1 aromatic carbocycles. The van der Waals surface area contributed by atoms with Gasteiger partial charge in [0.2, 0.25) is 5.91 Å². The molecule has 0 saturated heterocycles. The Morgan fingerprint density at radius 1 is 1.42 bits per heavy atom. The number of anilines is 1. The van der Waals surface area contributed by atoms with E-state index in [4.69, 9.17) is 16.3 Å². The number of halogens is 1. The van der Waals surface area contributed by atoms with Crippen LogP contribution < -0.4 is 10.1 Å². The second kappa shape index (κ2) is 9.50. The lowest BCUT2D eigenvalue weighted by molar-refractivity contribution is -0.115. The van der Waals surface area contributed by atoms with Crippen LogP contribution in [0.1, 0.15) is 20.3 Å². The summed E-state index contributed by atoms with van der Waals surface area (Å²) in [6.45, 7) is 3.97. The number of amides is 1. The second-order valence-corrected chi connectivity index (χ2v) is 9.10. The van der Waals surface area contributed by atoms with Gasteiger partial charge in [0.1, 0.15) is 5.75 Å². The summed E-state index contributed by atoms with van der Waals surface area (Å²) in [6.07, 6.45) is 1.09. The Balaban J connectivity index is 1.92. The number of carbonyl (C=O) groups excluding carboxylic acids is 1. The average molecular weight is 404 g/mol. The number of ether oxygens (including phenoxy) is 1. The maximum absolute atomic E-state index is 12.3. The summed E-state index contributed by atoms with van der Waals surface area (Å²) in [7, 11) is 1.55. The topological polar surface area (TPSA) is 64.1 Å². The fourth-order valence-electron chi connectivity index (χ4n) is 1.69. The lowest BCUT2D eigenvalue weighted by Gasteiger charge is -2.11. The van der Waals surface area contributed by atoms with E-state index in [0.717, 1.165) is 20.9 Å². The van der Waals surface area contributed by atoms with Crippen LogP contribution in [0.4, 0.5) is 5.69 Å². The number of rotatable bonds is 8. The van der Waals surface area contributed by atoms with E-state index in [2.05, 4.69) is 22.4 Å². The fraction of sp³-hybridized carbons (Fsp3) is 0.400. The smallest absolute Gasteiger partial charge is 0.237 e. The molecule has 2 aromatic rings. The third-order valence-corrected chi connectivity index (χ3v) is 6.63. The quantitative estimate of drug-likeness (QED) is 0.637. The molecule has 1 amide bonds. The van der Waals surface area contributed by atoms with Crippen molar-refractivity contribution in [2.24, 2.45) is 0 Å². The number of hydrogen-bond acceptors (Lipinski definition) is 7. The van der Waals surface area contributed by atoms with E-state index in [0.29, 0.717) is 16.5 Å². The van der Waals surface area contributed by atoms with E-state index in [1.54, 1.807) is 37.1 Å². The van der Waals surface area contributed by atoms with Crippen molar-refractivity contribution in [2.45, 2.75) is 34.2 Å². The van der Waals surface area contributed by atoms with Crippen LogP contribution in [0.2, 0.25) is 5.02 Å². The van der Waals surface area contributed by atoms with Crippen molar-refractivity contribution < 1.29 is 9.53 Å². The number of carbonyl (C=O) groups is 1. The summed E-state index contributed by atoms with van der Waals surface area (Å²) in [4.78, 5) is 12.3. The van der Waals surface area contributed by atoms with Crippen LogP contribution in [0.3, 0.4) is 0 Å². The second-order valence-electron chi connectivity index (χ2n) is 4.78. The van der Waals surface area contributed by atoms with E-state index >= 15 is 0 Å². The van der Waals surface area contributed by atoms with Crippen molar-refractivity contribution in [2.75, 3.05) is 18.2 Å². The molecule has 0 saturated carbocycles. The molecule has 0 bridgehead atoms. The Labute approximate surface area is 158 Å². The summed E-state index contributed by atoms with van der Waals surface area (Å²) in [5.41, 5.74) is 0.634. The number of nitrogens with one attached hydrogen (secondary N) is 1. The van der Waals surface area contributed by atoms with Crippen molar-refractivity contribution in [1.29, 1.82) is 0 Å². The monoisotopic (exact) mass is 403 g/mol. The molecule has 24 heavy (non-hydrogen) atoms. The SMILES string of the molecule is CCCSc1nnc(S[C@H](C)C(=O)Nc2ccc(OC)c(Cl)c2)s1. The molecular formula is C15H18ClN3O2S3. The number of nitrogens with zero attached hydrogens (tertiary/aromatic N) is 2. The Morgan fingerprint density at radius 3 is 2.83 bits per heavy atom. The fourth-order valence-corrected chi connectivity index (χ4v) is 5.03. The molecule has 1 aromatic heterocycles. The van der Waals surface area contributed by atoms with Gasteiger partial charge in [-0.15, -0.1) is 10.2 Å². The number of methoxy groups -OCH3 is 1. The third kappa shape index (κ3) is 5.54. The van der Waals surface area contributed by atoms with Crippen LogP contribution in [0.15, 0.2) is 26.9 Å². The van der Waals surface area contributed by atoms with Crippen LogP contribution in [-0.4, -0.2) is 34.2 Å². The molecule has 1 heterocycles. The Kier molecular flexibility index (Phi) is 7.67. The van der Waals surface area contributed by atoms with Gasteiger partial charge in [0.05, 0.1) is 17.4 Å². The van der Waals surface area contributed by atoms with E-state index in [-0.39, 0.29) is 11.2 Å². The highest BCUT2D eigenvalue weighted by atomic mass is 35.5. The van der Waals surface area contributed by atoms with Crippen molar-refractivity contribution in [3.8, 4) is 5.75 Å². The first-order valence-electron chi connectivity index (χ1n) is 7.30. The van der Waals surface area contributed by atoms with Crippen molar-refractivity contribution >= 4 is 58.1 Å². The molecule has 5 nitrogen and oxygen atoms in total. The van der Waals surface area contributed by atoms with Gasteiger partial charge < -0.3 is 10.1 Å². The van der Waals surface area contributed by atoms with E-state index < -0.39 is 0 Å². The van der Waals surface area contributed by atoms with Crippen LogP contribution in [0.5, 0.6) is 5.75 Å². The lowest BCUT2D eigenvalue weighted by Crippen LogP contribution is -2.22. The largest absolute Gasteiger partial charge is 0.495 e. The first-order valence-corrected chi connectivity index (χ1v) is 10.4. The lowest BCUT2D eigenvalue weighted by atomic mass is 10.3. The first kappa shape index (κ1) is 19.4. The van der Waals surface area contributed by atoms with Gasteiger partial charge in [-0.05, 0) is 31.5 Å². The van der Waals surface area contributed by atoms with Gasteiger partial charge in [-0.2, -0.15) is 0 Å². The molecule has 0 aliphatic heterocycles. The van der Waals surface area contributed by atoms with E-state index in [9.17, 15) is 4.79 Å². The Morgan fingerprint density at radius 2 is 2.17 bits per heavy atom. The van der Waals surface area contributed by atoms with Crippen LogP contribution in [0, 0.1) is 0 Å². The zero-order valence-electron chi connectivity index (χ0n) is 13.5. The highest BCUT2D eigenvalue weighted by molar-refractivity contribution is 8.03. The predicted octanol–water partition coefficient (Wildman–Crippen LogP) is 4.82. The molecule has 0 spiro atoms. The maximum atomic E-state index is 12.3. The highest BCUT2D eigenvalue weighted by Gasteiger charge is 2.18. The molecule has 9 heteroatoms. The molecule has 0 radical (unpaired) electrons. The first-order chi connectivity index (χ1) is 11.5. The van der Waals surface area contributed by atoms with Gasteiger partial charge in [-0.1, -0.05) is 53.4 Å². The number of aromatic nitrogens is 2. The van der Waals surface area contributed by atoms with Gasteiger partial charge in [0, 0.05) is 11.4 Å². The average Bonchev–Trinajstić information content (AvgIpc) is 3.00. The summed E-state index contributed by atoms with van der Waals surface area (Å²) < 4.78 is 6.83. The summed E-state index contributed by atoms with van der Waals surface area (Å²) in [6, 6.07) is 5.14. The van der Waals surface area contributed by atoms with Gasteiger partial charge in [0.25, 0.3) is 0 Å². The van der Waals surface area contributed by atoms with E-state index in [1.807, 2.05) is 6.92 Å². The molecule has 1 atom stereocenters. The molecule has 2 rings (SSSR count). The van der Waals surface area contributed by atoms with E-state index in [1.165, 1.54) is 23.1 Å². The molecule has 0 unspecified atom stereocenters. The zero-order valence-corrected chi connectivity index (χ0v) is 16.7. The summed E-state index contributed by atoms with van der Waals surface area (Å²) in [5, 5.41) is 11.3. The van der Waals surface area contributed by atoms with Crippen molar-refractivity contribution in [1.82, 2.24) is 10.2 Å². The molecule has 130 valence electrons. The predicted molar refractivity (Wildman–Crippen MR) is 103 cm³/mol. The molecule has 0 aliphatic carbocycles. The zero-order chi connectivity index (χ0) is 17.5. The maximum Gasteiger partial charge on any atom is 0.237 e. The molecular weight excluding hydrogens is 386 g/mol. The molecule has 1 N–H and O–H groups in total. The van der Waals surface area contributed by atoms with Crippen LogP contribution in [0.25, 0.3) is 0 Å². The van der Waals surface area contributed by atoms with Gasteiger partial charge in [-0.25, -0.2) is 0 Å². The van der Waals surface area contributed by atoms with Crippen molar-refractivity contribution in [3.63, 3.8) is 0 Å².